The molecule has 1 aromatic heterocycles. The van der Waals surface area contributed by atoms with E-state index in [9.17, 15) is 0 Å². The Kier molecular flexibility index (Phi) is 5.57. The topological polar surface area (TPSA) is 29.9 Å². The summed E-state index contributed by atoms with van der Waals surface area (Å²) in [5, 5.41) is 3.63. The molecular formula is C18H27N3. The van der Waals surface area contributed by atoms with Crippen molar-refractivity contribution in [2.24, 2.45) is 5.92 Å². The Balaban J connectivity index is 2.05. The Bertz CT molecular complexity index is 545. The van der Waals surface area contributed by atoms with Gasteiger partial charge in [-0.05, 0) is 38.3 Å². The van der Waals surface area contributed by atoms with Gasteiger partial charge in [0.15, 0.2) is 0 Å². The predicted octanol–water partition coefficient (Wildman–Crippen LogP) is 4.10. The van der Waals surface area contributed by atoms with Crippen LogP contribution in [0.5, 0.6) is 0 Å². The summed E-state index contributed by atoms with van der Waals surface area (Å²) in [7, 11) is 0. The van der Waals surface area contributed by atoms with Gasteiger partial charge >= 0.3 is 0 Å². The van der Waals surface area contributed by atoms with Gasteiger partial charge in [0, 0.05) is 18.3 Å². The molecule has 0 aliphatic heterocycles. The van der Waals surface area contributed by atoms with Crippen LogP contribution in [0.4, 0.5) is 0 Å². The lowest BCUT2D eigenvalue weighted by atomic mass is 10.0. The Hall–Kier alpha value is -1.61. The fourth-order valence-electron chi connectivity index (χ4n) is 2.68. The first kappa shape index (κ1) is 15.8. The predicted molar refractivity (Wildman–Crippen MR) is 88.7 cm³/mol. The van der Waals surface area contributed by atoms with E-state index >= 15 is 0 Å². The normalized spacial score (nSPS) is 14.1. The van der Waals surface area contributed by atoms with Crippen LogP contribution in [0.3, 0.4) is 0 Å². The molecule has 114 valence electrons. The molecule has 0 bridgehead atoms. The van der Waals surface area contributed by atoms with Crippen LogP contribution in [0.15, 0.2) is 36.5 Å². The number of benzene rings is 1. The Labute approximate surface area is 128 Å². The average molecular weight is 285 g/mol. The highest BCUT2D eigenvalue weighted by molar-refractivity contribution is 5.35. The van der Waals surface area contributed by atoms with E-state index in [1.54, 1.807) is 0 Å². The van der Waals surface area contributed by atoms with E-state index in [2.05, 4.69) is 66.8 Å². The maximum Gasteiger partial charge on any atom is 0.110 e. The third-order valence-electron chi connectivity index (χ3n) is 4.11. The van der Waals surface area contributed by atoms with Gasteiger partial charge in [-0.15, -0.1) is 0 Å². The van der Waals surface area contributed by atoms with Gasteiger partial charge in [-0.2, -0.15) is 0 Å². The van der Waals surface area contributed by atoms with Crippen molar-refractivity contribution >= 4 is 0 Å². The summed E-state index contributed by atoms with van der Waals surface area (Å²) in [5.41, 5.74) is 2.40. The van der Waals surface area contributed by atoms with Gasteiger partial charge in [0.05, 0.1) is 11.9 Å². The zero-order valence-electron chi connectivity index (χ0n) is 13.6. The van der Waals surface area contributed by atoms with Crippen LogP contribution in [-0.2, 0) is 6.54 Å². The molecule has 1 N–H and O–H groups in total. The molecule has 1 aromatic carbocycles. The van der Waals surface area contributed by atoms with Crippen LogP contribution in [-0.4, -0.2) is 15.6 Å². The van der Waals surface area contributed by atoms with Gasteiger partial charge < -0.3 is 5.32 Å². The molecule has 3 heteroatoms. The number of imidazole rings is 1. The number of nitrogens with zero attached hydrogens (tertiary/aromatic N) is 2. The molecule has 0 spiro atoms. The Morgan fingerprint density at radius 3 is 2.57 bits per heavy atom. The fourth-order valence-corrected chi connectivity index (χ4v) is 2.68. The molecule has 0 saturated heterocycles. The van der Waals surface area contributed by atoms with Gasteiger partial charge in [0.1, 0.15) is 5.82 Å². The van der Waals surface area contributed by atoms with Crippen LogP contribution in [0.25, 0.3) is 5.69 Å². The third-order valence-corrected chi connectivity index (χ3v) is 4.11. The Morgan fingerprint density at radius 1 is 1.19 bits per heavy atom. The number of aromatic nitrogens is 2. The fraction of sp³-hybridized carbons (Fsp3) is 0.500. The van der Waals surface area contributed by atoms with Crippen LogP contribution in [0, 0.1) is 12.8 Å². The molecule has 0 amide bonds. The van der Waals surface area contributed by atoms with E-state index in [0.717, 1.165) is 18.3 Å². The van der Waals surface area contributed by atoms with Crippen LogP contribution >= 0.6 is 0 Å². The zero-order valence-corrected chi connectivity index (χ0v) is 13.6. The molecule has 0 radical (unpaired) electrons. The number of hydrogen-bond acceptors (Lipinski definition) is 2. The van der Waals surface area contributed by atoms with E-state index in [1.165, 1.54) is 24.2 Å². The van der Waals surface area contributed by atoms with Crippen molar-refractivity contribution in [3.8, 4) is 5.69 Å². The second-order valence-electron chi connectivity index (χ2n) is 6.00. The highest BCUT2D eigenvalue weighted by Crippen LogP contribution is 2.15. The standard InChI is InChI=1S/C18H27N3/c1-5-14(2)11-15(3)19-12-18-13-20-16(4)21(18)17-9-7-6-8-10-17/h6-10,13-15,19H,5,11-12H2,1-4H3. The summed E-state index contributed by atoms with van der Waals surface area (Å²) >= 11 is 0. The SMILES string of the molecule is CCC(C)CC(C)NCc1cnc(C)n1-c1ccccc1. The van der Waals surface area contributed by atoms with Gasteiger partial charge in [-0.1, -0.05) is 38.5 Å². The van der Waals surface area contributed by atoms with E-state index in [-0.39, 0.29) is 0 Å². The molecule has 2 aromatic rings. The molecule has 0 saturated carbocycles. The molecule has 0 aliphatic rings. The van der Waals surface area contributed by atoms with Gasteiger partial charge in [-0.3, -0.25) is 4.57 Å². The number of para-hydroxylation sites is 1. The van der Waals surface area contributed by atoms with Crippen molar-refractivity contribution < 1.29 is 0 Å². The minimum atomic E-state index is 0.527. The largest absolute Gasteiger partial charge is 0.309 e. The quantitative estimate of drug-likeness (QED) is 0.830. The molecule has 1 heterocycles. The maximum absolute atomic E-state index is 4.47. The molecule has 2 rings (SSSR count). The summed E-state index contributed by atoms with van der Waals surface area (Å²) in [4.78, 5) is 4.47. The van der Waals surface area contributed by atoms with Crippen LogP contribution < -0.4 is 5.32 Å². The first-order valence-electron chi connectivity index (χ1n) is 7.93. The van der Waals surface area contributed by atoms with Gasteiger partial charge in [-0.25, -0.2) is 4.98 Å². The van der Waals surface area contributed by atoms with Crippen LogP contribution in [0.2, 0.25) is 0 Å². The van der Waals surface area contributed by atoms with Crippen molar-refractivity contribution in [2.75, 3.05) is 0 Å². The van der Waals surface area contributed by atoms with Gasteiger partial charge in [0.25, 0.3) is 0 Å². The maximum atomic E-state index is 4.47. The summed E-state index contributed by atoms with van der Waals surface area (Å²) < 4.78 is 2.23. The molecule has 21 heavy (non-hydrogen) atoms. The summed E-state index contributed by atoms with van der Waals surface area (Å²) in [6.07, 6.45) is 4.44. The third kappa shape index (κ3) is 4.18. The highest BCUT2D eigenvalue weighted by atomic mass is 15.1. The molecule has 0 aliphatic carbocycles. The molecular weight excluding hydrogens is 258 g/mol. The van der Waals surface area contributed by atoms with Crippen molar-refractivity contribution in [1.82, 2.24) is 14.9 Å². The number of nitrogens with one attached hydrogen (secondary N) is 1. The van der Waals surface area contributed by atoms with Crippen molar-refractivity contribution in [1.29, 1.82) is 0 Å². The van der Waals surface area contributed by atoms with Crippen molar-refractivity contribution in [3.05, 3.63) is 48.0 Å². The molecule has 2 atom stereocenters. The lowest BCUT2D eigenvalue weighted by molar-refractivity contribution is 0.409. The Morgan fingerprint density at radius 2 is 1.90 bits per heavy atom. The first-order chi connectivity index (χ1) is 10.1. The van der Waals surface area contributed by atoms with Crippen molar-refractivity contribution in [3.63, 3.8) is 0 Å². The monoisotopic (exact) mass is 285 g/mol. The van der Waals surface area contributed by atoms with E-state index in [0.29, 0.717) is 6.04 Å². The minimum Gasteiger partial charge on any atom is -0.309 e. The number of hydrogen-bond donors (Lipinski definition) is 1. The van der Waals surface area contributed by atoms with E-state index in [1.807, 2.05) is 12.3 Å². The molecule has 0 fully saturated rings. The average Bonchev–Trinajstić information content (AvgIpc) is 2.86. The first-order valence-corrected chi connectivity index (χ1v) is 7.93. The number of aryl methyl sites for hydroxylation is 1. The highest BCUT2D eigenvalue weighted by Gasteiger charge is 2.11. The lowest BCUT2D eigenvalue weighted by Gasteiger charge is -2.18. The second kappa shape index (κ2) is 7.41. The van der Waals surface area contributed by atoms with E-state index < -0.39 is 0 Å². The minimum absolute atomic E-state index is 0.527. The molecule has 3 nitrogen and oxygen atoms in total. The van der Waals surface area contributed by atoms with Gasteiger partial charge in [0.2, 0.25) is 0 Å². The summed E-state index contributed by atoms with van der Waals surface area (Å²) in [5.74, 6) is 1.81. The van der Waals surface area contributed by atoms with E-state index in [4.69, 9.17) is 0 Å². The zero-order chi connectivity index (χ0) is 15.2. The lowest BCUT2D eigenvalue weighted by Crippen LogP contribution is -2.28. The number of rotatable bonds is 7. The second-order valence-corrected chi connectivity index (χ2v) is 6.00. The summed E-state index contributed by atoms with van der Waals surface area (Å²) in [6.45, 7) is 9.75. The smallest absolute Gasteiger partial charge is 0.110 e. The summed E-state index contributed by atoms with van der Waals surface area (Å²) in [6, 6.07) is 11.0. The van der Waals surface area contributed by atoms with Crippen LogP contribution in [0.1, 0.15) is 45.1 Å². The van der Waals surface area contributed by atoms with Crippen molar-refractivity contribution in [2.45, 2.75) is 53.1 Å². The molecule has 2 unspecified atom stereocenters.